The van der Waals surface area contributed by atoms with Gasteiger partial charge in [-0.3, -0.25) is 4.79 Å². The molecule has 3 rings (SSSR count). The van der Waals surface area contributed by atoms with E-state index in [2.05, 4.69) is 12.1 Å². The molecule has 0 saturated heterocycles. The van der Waals surface area contributed by atoms with Crippen molar-refractivity contribution in [2.45, 2.75) is 18.8 Å². The zero-order chi connectivity index (χ0) is 23.5. The van der Waals surface area contributed by atoms with Gasteiger partial charge in [0.2, 0.25) is 0 Å². The number of nitriles is 2. The van der Waals surface area contributed by atoms with Crippen molar-refractivity contribution in [1.29, 1.82) is 10.5 Å². The molecule has 0 aliphatic heterocycles. The van der Waals surface area contributed by atoms with Crippen molar-refractivity contribution in [2.24, 2.45) is 11.3 Å². The minimum absolute atomic E-state index is 0.304. The third-order valence-corrected chi connectivity index (χ3v) is 5.94. The summed E-state index contributed by atoms with van der Waals surface area (Å²) < 4.78 is 9.80. The van der Waals surface area contributed by atoms with Crippen LogP contribution < -0.4 is 0 Å². The highest BCUT2D eigenvalue weighted by Crippen LogP contribution is 2.58. The number of methoxy groups -OCH3 is 2. The zero-order valence-electron chi connectivity index (χ0n) is 17.9. The number of aliphatic hydroxyl groups is 1. The summed E-state index contributed by atoms with van der Waals surface area (Å²) in [4.78, 5) is 25.7. The average Bonchev–Trinajstić information content (AvgIpc) is 2.83. The first-order valence-corrected chi connectivity index (χ1v) is 9.89. The van der Waals surface area contributed by atoms with Crippen LogP contribution in [0, 0.1) is 40.9 Å². The first-order chi connectivity index (χ1) is 15.4. The van der Waals surface area contributed by atoms with Gasteiger partial charge in [0, 0.05) is 5.92 Å². The molecule has 0 unspecified atom stereocenters. The number of esters is 2. The van der Waals surface area contributed by atoms with Gasteiger partial charge in [-0.15, -0.1) is 0 Å². The average molecular weight is 430 g/mol. The third-order valence-electron chi connectivity index (χ3n) is 5.94. The number of benzene rings is 2. The maximum Gasteiger partial charge on any atom is 0.337 e. The number of aliphatic hydroxyl groups excluding tert-OH is 1. The molecule has 7 nitrogen and oxygen atoms in total. The summed E-state index contributed by atoms with van der Waals surface area (Å²) in [5.74, 6) is -6.08. The Bertz CT molecular complexity index is 1130. The fraction of sp³-hybridized carbons (Fsp3) is 0.280. The van der Waals surface area contributed by atoms with Gasteiger partial charge in [0.1, 0.15) is 11.7 Å². The second-order valence-corrected chi connectivity index (χ2v) is 7.62. The lowest BCUT2D eigenvalue weighted by molar-refractivity contribution is -0.147. The predicted molar refractivity (Wildman–Crippen MR) is 114 cm³/mol. The van der Waals surface area contributed by atoms with Crippen molar-refractivity contribution in [2.75, 3.05) is 14.2 Å². The first kappa shape index (κ1) is 22.6. The van der Waals surface area contributed by atoms with E-state index in [0.29, 0.717) is 11.1 Å². The van der Waals surface area contributed by atoms with Gasteiger partial charge in [-0.25, -0.2) is 4.79 Å². The van der Waals surface area contributed by atoms with Crippen LogP contribution in [0.3, 0.4) is 0 Å². The Morgan fingerprint density at radius 1 is 0.938 bits per heavy atom. The van der Waals surface area contributed by atoms with Crippen LogP contribution in [0.1, 0.15) is 28.5 Å². The quantitative estimate of drug-likeness (QED) is 0.735. The normalized spacial score (nSPS) is 21.7. The van der Waals surface area contributed by atoms with E-state index in [9.17, 15) is 25.2 Å². The van der Waals surface area contributed by atoms with Gasteiger partial charge in [-0.2, -0.15) is 10.5 Å². The largest absolute Gasteiger partial charge is 0.511 e. The number of hydrogen-bond acceptors (Lipinski definition) is 7. The molecule has 2 aromatic rings. The number of rotatable bonds is 4. The Morgan fingerprint density at radius 2 is 1.53 bits per heavy atom. The Morgan fingerprint density at radius 3 is 2.03 bits per heavy atom. The highest BCUT2D eigenvalue weighted by Gasteiger charge is 2.61. The molecule has 1 N–H and O–H groups in total. The molecule has 1 aliphatic rings. The standard InChI is InChI=1S/C25H22N2O5/c1-15-9-11-17(12-10-15)21-19(24(30)32-3)22(28)18(23(29)31-2)20(25(21,13-26)14-27)16-7-5-4-6-8-16/h4-12,18,20-21,28H,1-3H3/t18-,20-,21-/m1/s1. The van der Waals surface area contributed by atoms with E-state index in [1.54, 1.807) is 54.6 Å². The van der Waals surface area contributed by atoms with Crippen molar-refractivity contribution < 1.29 is 24.2 Å². The molecule has 0 fully saturated rings. The molecule has 0 bridgehead atoms. The van der Waals surface area contributed by atoms with Crippen LogP contribution in [0.15, 0.2) is 65.9 Å². The molecule has 0 saturated carbocycles. The maximum absolute atomic E-state index is 12.8. The predicted octanol–water partition coefficient (Wildman–Crippen LogP) is 3.68. The minimum Gasteiger partial charge on any atom is -0.511 e. The summed E-state index contributed by atoms with van der Waals surface area (Å²) in [6.07, 6.45) is 0. The van der Waals surface area contributed by atoms with Crippen LogP contribution in [-0.2, 0) is 19.1 Å². The van der Waals surface area contributed by atoms with Gasteiger partial charge in [-0.05, 0) is 18.1 Å². The lowest BCUT2D eigenvalue weighted by atomic mass is 9.54. The van der Waals surface area contributed by atoms with Crippen molar-refractivity contribution >= 4 is 11.9 Å². The maximum atomic E-state index is 12.8. The van der Waals surface area contributed by atoms with E-state index in [0.717, 1.165) is 19.8 Å². The third kappa shape index (κ3) is 3.48. The number of carbonyl (C=O) groups is 2. The summed E-state index contributed by atoms with van der Waals surface area (Å²) in [7, 11) is 2.27. The van der Waals surface area contributed by atoms with Crippen LogP contribution in [-0.4, -0.2) is 31.3 Å². The van der Waals surface area contributed by atoms with Crippen LogP contribution in [0.5, 0.6) is 0 Å². The van der Waals surface area contributed by atoms with E-state index < -0.39 is 40.9 Å². The Kier molecular flexibility index (Phi) is 6.32. The van der Waals surface area contributed by atoms with Gasteiger partial charge < -0.3 is 14.6 Å². The van der Waals surface area contributed by atoms with Crippen LogP contribution in [0.25, 0.3) is 0 Å². The second kappa shape index (κ2) is 8.95. The molecule has 0 heterocycles. The van der Waals surface area contributed by atoms with E-state index in [-0.39, 0.29) is 5.57 Å². The zero-order valence-corrected chi connectivity index (χ0v) is 17.9. The van der Waals surface area contributed by atoms with Crippen molar-refractivity contribution in [3.8, 4) is 12.1 Å². The Hall–Kier alpha value is -4.10. The van der Waals surface area contributed by atoms with E-state index in [1.165, 1.54) is 0 Å². The summed E-state index contributed by atoms with van der Waals surface area (Å²) in [6.45, 7) is 1.88. The Balaban J connectivity index is 2.47. The molecule has 0 radical (unpaired) electrons. The van der Waals surface area contributed by atoms with E-state index in [4.69, 9.17) is 9.47 Å². The highest BCUT2D eigenvalue weighted by atomic mass is 16.5. The fourth-order valence-corrected chi connectivity index (χ4v) is 4.45. The molecular formula is C25H22N2O5. The van der Waals surface area contributed by atoms with Gasteiger partial charge >= 0.3 is 11.9 Å². The molecule has 0 aromatic heterocycles. The smallest absolute Gasteiger partial charge is 0.337 e. The SMILES string of the molecule is COC(=O)C1=C(O)[C@H](C(=O)OC)[C@@H](c2ccccc2)C(C#N)(C#N)[C@@H]1c1ccc(C)cc1. The van der Waals surface area contributed by atoms with Gasteiger partial charge in [-0.1, -0.05) is 60.2 Å². The summed E-state index contributed by atoms with van der Waals surface area (Å²) in [5, 5.41) is 32.1. The molecular weight excluding hydrogens is 408 g/mol. The van der Waals surface area contributed by atoms with Crippen LogP contribution >= 0.6 is 0 Å². The lowest BCUT2D eigenvalue weighted by Crippen LogP contribution is -2.47. The molecule has 32 heavy (non-hydrogen) atoms. The lowest BCUT2D eigenvalue weighted by Gasteiger charge is -2.44. The molecule has 2 aromatic carbocycles. The Labute approximate surface area is 186 Å². The topological polar surface area (TPSA) is 120 Å². The molecule has 162 valence electrons. The van der Waals surface area contributed by atoms with Gasteiger partial charge in [0.25, 0.3) is 0 Å². The van der Waals surface area contributed by atoms with Crippen LogP contribution in [0.4, 0.5) is 0 Å². The summed E-state index contributed by atoms with van der Waals surface area (Å²) >= 11 is 0. The summed E-state index contributed by atoms with van der Waals surface area (Å²) in [5.41, 5.74) is -0.343. The van der Waals surface area contributed by atoms with Crippen molar-refractivity contribution in [3.63, 3.8) is 0 Å². The molecule has 0 spiro atoms. The second-order valence-electron chi connectivity index (χ2n) is 7.62. The van der Waals surface area contributed by atoms with E-state index >= 15 is 0 Å². The van der Waals surface area contributed by atoms with Crippen molar-refractivity contribution in [1.82, 2.24) is 0 Å². The molecule has 0 amide bonds. The number of carbonyl (C=O) groups excluding carboxylic acids is 2. The first-order valence-electron chi connectivity index (χ1n) is 9.89. The minimum atomic E-state index is -1.93. The number of ether oxygens (including phenoxy) is 2. The number of aryl methyl sites for hydroxylation is 1. The molecule has 7 heteroatoms. The molecule has 1 aliphatic carbocycles. The number of hydrogen-bond donors (Lipinski definition) is 1. The van der Waals surface area contributed by atoms with Crippen molar-refractivity contribution in [3.05, 3.63) is 82.6 Å². The fourth-order valence-electron chi connectivity index (χ4n) is 4.45. The van der Waals surface area contributed by atoms with Gasteiger partial charge in [0.15, 0.2) is 5.41 Å². The molecule has 3 atom stereocenters. The summed E-state index contributed by atoms with van der Waals surface area (Å²) in [6, 6.07) is 19.7. The van der Waals surface area contributed by atoms with Gasteiger partial charge in [0.05, 0.1) is 37.8 Å². The monoisotopic (exact) mass is 430 g/mol. The number of nitrogens with zero attached hydrogens (tertiary/aromatic N) is 2. The van der Waals surface area contributed by atoms with Crippen LogP contribution in [0.2, 0.25) is 0 Å². The highest BCUT2D eigenvalue weighted by molar-refractivity contribution is 5.94. The van der Waals surface area contributed by atoms with E-state index in [1.807, 2.05) is 6.92 Å².